The molecule has 1 heterocycles. The Balaban J connectivity index is 1.63. The van der Waals surface area contributed by atoms with Gasteiger partial charge in [-0.15, -0.1) is 0 Å². The Labute approximate surface area is 151 Å². The molecule has 132 valence electrons. The van der Waals surface area contributed by atoms with Crippen LogP contribution in [0.3, 0.4) is 0 Å². The molecule has 1 N–H and O–H groups in total. The highest BCUT2D eigenvalue weighted by molar-refractivity contribution is 6.04. The number of carbonyl (C=O) groups is 2. The van der Waals surface area contributed by atoms with Gasteiger partial charge in [-0.25, -0.2) is 9.67 Å². The molecule has 2 amide bonds. The summed E-state index contributed by atoms with van der Waals surface area (Å²) in [7, 11) is 3.40. The van der Waals surface area contributed by atoms with Gasteiger partial charge >= 0.3 is 0 Å². The van der Waals surface area contributed by atoms with Crippen molar-refractivity contribution in [2.45, 2.75) is 6.54 Å². The maximum atomic E-state index is 12.4. The van der Waals surface area contributed by atoms with Crippen LogP contribution in [-0.2, 0) is 6.54 Å². The molecule has 0 spiro atoms. The third kappa shape index (κ3) is 4.13. The first-order valence-electron chi connectivity index (χ1n) is 8.07. The van der Waals surface area contributed by atoms with Crippen LogP contribution in [0.1, 0.15) is 26.3 Å². The van der Waals surface area contributed by atoms with Crippen LogP contribution < -0.4 is 5.32 Å². The molecule has 0 saturated heterocycles. The Morgan fingerprint density at radius 2 is 1.65 bits per heavy atom. The molecule has 3 rings (SSSR count). The number of nitrogens with zero attached hydrogens (tertiary/aromatic N) is 4. The highest BCUT2D eigenvalue weighted by Gasteiger charge is 2.09. The normalized spacial score (nSPS) is 10.4. The Morgan fingerprint density at radius 1 is 1.00 bits per heavy atom. The van der Waals surface area contributed by atoms with Crippen LogP contribution in [-0.4, -0.2) is 45.6 Å². The Bertz CT molecular complexity index is 885. The molecule has 0 bridgehead atoms. The zero-order valence-corrected chi connectivity index (χ0v) is 14.6. The van der Waals surface area contributed by atoms with E-state index in [-0.39, 0.29) is 11.8 Å². The molecule has 7 heteroatoms. The number of aromatic nitrogens is 3. The van der Waals surface area contributed by atoms with Crippen LogP contribution in [0, 0.1) is 0 Å². The average molecular weight is 349 g/mol. The summed E-state index contributed by atoms with van der Waals surface area (Å²) in [6, 6.07) is 14.1. The minimum Gasteiger partial charge on any atom is -0.345 e. The standard InChI is InChI=1S/C19H19N5O2/c1-23(2)19(26)16-7-9-17(10-8-16)22-18(25)15-5-3-14(4-6-15)11-24-13-20-12-21-24/h3-10,12-13H,11H2,1-2H3,(H,22,25). The van der Waals surface area contributed by atoms with Crippen molar-refractivity contribution in [2.24, 2.45) is 0 Å². The van der Waals surface area contributed by atoms with Crippen molar-refractivity contribution < 1.29 is 9.59 Å². The van der Waals surface area contributed by atoms with Crippen LogP contribution in [0.5, 0.6) is 0 Å². The first-order chi connectivity index (χ1) is 12.5. The molecule has 0 saturated carbocycles. The van der Waals surface area contributed by atoms with E-state index in [4.69, 9.17) is 0 Å². The summed E-state index contributed by atoms with van der Waals surface area (Å²) in [5.41, 5.74) is 2.79. The summed E-state index contributed by atoms with van der Waals surface area (Å²) in [6.45, 7) is 0.600. The van der Waals surface area contributed by atoms with Gasteiger partial charge in [-0.3, -0.25) is 9.59 Å². The highest BCUT2D eigenvalue weighted by Crippen LogP contribution is 2.13. The number of hydrogen-bond donors (Lipinski definition) is 1. The Kier molecular flexibility index (Phi) is 5.07. The number of benzene rings is 2. The quantitative estimate of drug-likeness (QED) is 0.766. The average Bonchev–Trinajstić information content (AvgIpc) is 3.15. The number of rotatable bonds is 5. The van der Waals surface area contributed by atoms with E-state index in [1.54, 1.807) is 61.5 Å². The van der Waals surface area contributed by atoms with Crippen LogP contribution in [0.4, 0.5) is 5.69 Å². The maximum absolute atomic E-state index is 12.4. The monoisotopic (exact) mass is 349 g/mol. The lowest BCUT2D eigenvalue weighted by Gasteiger charge is -2.11. The molecule has 26 heavy (non-hydrogen) atoms. The van der Waals surface area contributed by atoms with Gasteiger partial charge in [-0.1, -0.05) is 12.1 Å². The number of anilines is 1. The molecule has 0 aliphatic rings. The Morgan fingerprint density at radius 3 is 2.23 bits per heavy atom. The third-order valence-corrected chi connectivity index (χ3v) is 3.82. The minimum atomic E-state index is -0.205. The number of carbonyl (C=O) groups excluding carboxylic acids is 2. The van der Waals surface area contributed by atoms with E-state index in [1.807, 2.05) is 12.1 Å². The van der Waals surface area contributed by atoms with E-state index in [0.29, 0.717) is 23.4 Å². The largest absolute Gasteiger partial charge is 0.345 e. The summed E-state index contributed by atoms with van der Waals surface area (Å²) in [5.74, 6) is -0.283. The SMILES string of the molecule is CN(C)C(=O)c1ccc(NC(=O)c2ccc(Cn3cncn3)cc2)cc1. The molecule has 0 unspecified atom stereocenters. The fraction of sp³-hybridized carbons (Fsp3) is 0.158. The Hall–Kier alpha value is -3.48. The first-order valence-corrected chi connectivity index (χ1v) is 8.07. The third-order valence-electron chi connectivity index (χ3n) is 3.82. The molecule has 0 fully saturated rings. The van der Waals surface area contributed by atoms with Crippen LogP contribution >= 0.6 is 0 Å². The van der Waals surface area contributed by atoms with Gasteiger partial charge in [0, 0.05) is 30.9 Å². The van der Waals surface area contributed by atoms with Gasteiger partial charge in [0.25, 0.3) is 11.8 Å². The van der Waals surface area contributed by atoms with Gasteiger partial charge in [0.15, 0.2) is 0 Å². The molecule has 0 radical (unpaired) electrons. The fourth-order valence-electron chi connectivity index (χ4n) is 2.42. The summed E-state index contributed by atoms with van der Waals surface area (Å²) in [4.78, 5) is 29.6. The van der Waals surface area contributed by atoms with Crippen LogP contribution in [0.15, 0.2) is 61.2 Å². The van der Waals surface area contributed by atoms with E-state index < -0.39 is 0 Å². The molecule has 0 atom stereocenters. The zero-order valence-electron chi connectivity index (χ0n) is 14.6. The molecule has 1 aromatic heterocycles. The van der Waals surface area contributed by atoms with Crippen molar-refractivity contribution in [1.82, 2.24) is 19.7 Å². The maximum Gasteiger partial charge on any atom is 0.255 e. The molecular formula is C19H19N5O2. The second kappa shape index (κ2) is 7.60. The summed E-state index contributed by atoms with van der Waals surface area (Å²) in [5, 5.41) is 6.88. The van der Waals surface area contributed by atoms with Crippen LogP contribution in [0.2, 0.25) is 0 Å². The van der Waals surface area contributed by atoms with E-state index >= 15 is 0 Å². The van der Waals surface area contributed by atoms with Crippen LogP contribution in [0.25, 0.3) is 0 Å². The van der Waals surface area contributed by atoms with Gasteiger partial charge < -0.3 is 10.2 Å². The summed E-state index contributed by atoms with van der Waals surface area (Å²) < 4.78 is 1.71. The van der Waals surface area contributed by atoms with Crippen molar-refractivity contribution in [3.05, 3.63) is 77.9 Å². The predicted molar refractivity (Wildman–Crippen MR) is 98.0 cm³/mol. The van der Waals surface area contributed by atoms with Crippen molar-refractivity contribution in [1.29, 1.82) is 0 Å². The number of hydrogen-bond acceptors (Lipinski definition) is 4. The van der Waals surface area contributed by atoms with Gasteiger partial charge in [-0.2, -0.15) is 5.10 Å². The molecule has 7 nitrogen and oxygen atoms in total. The smallest absolute Gasteiger partial charge is 0.255 e. The molecular weight excluding hydrogens is 330 g/mol. The topological polar surface area (TPSA) is 80.1 Å². The first kappa shape index (κ1) is 17.3. The predicted octanol–water partition coefficient (Wildman–Crippen LogP) is 2.28. The molecule has 3 aromatic rings. The van der Waals surface area contributed by atoms with Crippen molar-refractivity contribution in [2.75, 3.05) is 19.4 Å². The van der Waals surface area contributed by atoms with Crippen molar-refractivity contribution >= 4 is 17.5 Å². The second-order valence-corrected chi connectivity index (χ2v) is 6.02. The lowest BCUT2D eigenvalue weighted by Crippen LogP contribution is -2.21. The summed E-state index contributed by atoms with van der Waals surface area (Å²) >= 11 is 0. The zero-order chi connectivity index (χ0) is 18.5. The lowest BCUT2D eigenvalue weighted by molar-refractivity contribution is 0.0827. The van der Waals surface area contributed by atoms with E-state index in [1.165, 1.54) is 11.2 Å². The van der Waals surface area contributed by atoms with E-state index in [0.717, 1.165) is 5.56 Å². The lowest BCUT2D eigenvalue weighted by atomic mass is 10.1. The van der Waals surface area contributed by atoms with Crippen molar-refractivity contribution in [3.8, 4) is 0 Å². The van der Waals surface area contributed by atoms with Gasteiger partial charge in [0.2, 0.25) is 0 Å². The highest BCUT2D eigenvalue weighted by atomic mass is 16.2. The summed E-state index contributed by atoms with van der Waals surface area (Å²) in [6.07, 6.45) is 3.13. The van der Waals surface area contributed by atoms with E-state index in [9.17, 15) is 9.59 Å². The number of nitrogens with one attached hydrogen (secondary N) is 1. The molecule has 0 aliphatic carbocycles. The fourth-order valence-corrected chi connectivity index (χ4v) is 2.42. The van der Waals surface area contributed by atoms with Gasteiger partial charge in [0.05, 0.1) is 6.54 Å². The molecule has 2 aromatic carbocycles. The van der Waals surface area contributed by atoms with E-state index in [2.05, 4.69) is 15.4 Å². The second-order valence-electron chi connectivity index (χ2n) is 6.02. The molecule has 0 aliphatic heterocycles. The van der Waals surface area contributed by atoms with Gasteiger partial charge in [0.1, 0.15) is 12.7 Å². The minimum absolute atomic E-state index is 0.0779. The number of amides is 2. The van der Waals surface area contributed by atoms with Crippen molar-refractivity contribution in [3.63, 3.8) is 0 Å². The van der Waals surface area contributed by atoms with Gasteiger partial charge in [-0.05, 0) is 42.0 Å².